The van der Waals surface area contributed by atoms with E-state index in [1.54, 1.807) is 19.1 Å². The molecule has 0 unspecified atom stereocenters. The first-order valence-corrected chi connectivity index (χ1v) is 6.76. The van der Waals surface area contributed by atoms with E-state index in [2.05, 4.69) is 0 Å². The molecule has 1 aromatic rings. The van der Waals surface area contributed by atoms with Crippen LogP contribution in [0.25, 0.3) is 0 Å². The number of benzene rings is 1. The number of ether oxygens (including phenoxy) is 1. The Hall–Kier alpha value is -1.58. The maximum atomic E-state index is 13.9. The number of hydrogen-bond acceptors (Lipinski definition) is 3. The minimum absolute atomic E-state index is 0.0883. The molecule has 0 aliphatic heterocycles. The number of phenols is 1. The van der Waals surface area contributed by atoms with Crippen LogP contribution < -0.4 is 4.74 Å². The molecule has 1 aromatic carbocycles. The number of halogens is 1. The largest absolute Gasteiger partial charge is 0.505 e. The van der Waals surface area contributed by atoms with Crippen molar-refractivity contribution in [2.75, 3.05) is 6.61 Å². The molecule has 0 aromatic heterocycles. The molecule has 1 N–H and O–H groups in total. The van der Waals surface area contributed by atoms with Gasteiger partial charge >= 0.3 is 0 Å². The minimum Gasteiger partial charge on any atom is -0.505 e. The normalized spacial score (nSPS) is 23.1. The van der Waals surface area contributed by atoms with Gasteiger partial charge in [-0.15, -0.1) is 0 Å². The van der Waals surface area contributed by atoms with Crippen LogP contribution in [0.1, 0.15) is 44.1 Å². The first kappa shape index (κ1) is 13.8. The van der Waals surface area contributed by atoms with Crippen LogP contribution in [-0.4, -0.2) is 18.0 Å². The van der Waals surface area contributed by atoms with Gasteiger partial charge < -0.3 is 14.6 Å². The smallest absolute Gasteiger partial charge is 0.206 e. The van der Waals surface area contributed by atoms with Crippen molar-refractivity contribution >= 4 is 6.29 Å². The van der Waals surface area contributed by atoms with Crippen LogP contribution in [0.15, 0.2) is 12.1 Å². The molecule has 0 bridgehead atoms. The van der Waals surface area contributed by atoms with Gasteiger partial charge in [0.15, 0.2) is 11.5 Å². The van der Waals surface area contributed by atoms with Crippen LogP contribution >= 0.6 is 0 Å². The molecule has 1 aliphatic carbocycles. The molecule has 1 saturated carbocycles. The fourth-order valence-corrected chi connectivity index (χ4v) is 2.72. The Kier molecular flexibility index (Phi) is 4.40. The summed E-state index contributed by atoms with van der Waals surface area (Å²) in [5.41, 5.74) is 0.630. The third kappa shape index (κ3) is 2.88. The zero-order valence-corrected chi connectivity index (χ0v) is 11.1. The van der Waals surface area contributed by atoms with Crippen LogP contribution in [0.5, 0.6) is 11.5 Å². The van der Waals surface area contributed by atoms with Crippen molar-refractivity contribution in [3.63, 3.8) is 0 Å². The number of rotatable bonds is 4. The highest BCUT2D eigenvalue weighted by Gasteiger charge is 2.26. The summed E-state index contributed by atoms with van der Waals surface area (Å²) < 4.78 is 19.0. The second-order valence-corrected chi connectivity index (χ2v) is 5.00. The Morgan fingerprint density at radius 2 is 2.05 bits per heavy atom. The SMILES string of the molecule is CCOc1ccc(C2CCC(C=O)CC2)c(O)c1F. The summed E-state index contributed by atoms with van der Waals surface area (Å²) in [5, 5.41) is 9.96. The quantitative estimate of drug-likeness (QED) is 0.849. The third-order valence-corrected chi connectivity index (χ3v) is 3.82. The van der Waals surface area contributed by atoms with E-state index in [0.29, 0.717) is 12.2 Å². The Morgan fingerprint density at radius 1 is 1.37 bits per heavy atom. The lowest BCUT2D eigenvalue weighted by atomic mass is 9.79. The first-order chi connectivity index (χ1) is 9.17. The zero-order chi connectivity index (χ0) is 13.8. The monoisotopic (exact) mass is 266 g/mol. The molecule has 0 amide bonds. The molecule has 4 heteroatoms. The van der Waals surface area contributed by atoms with Crippen LogP contribution in [0.3, 0.4) is 0 Å². The highest BCUT2D eigenvalue weighted by molar-refractivity contribution is 5.54. The molecule has 3 nitrogen and oxygen atoms in total. The Balaban J connectivity index is 2.17. The standard InChI is InChI=1S/C15H19FO3/c1-2-19-13-8-7-12(15(18)14(13)16)11-5-3-10(9-17)4-6-11/h7-11,18H,2-6H2,1H3. The Bertz CT molecular complexity index is 451. The second-order valence-electron chi connectivity index (χ2n) is 5.00. The number of carbonyl (C=O) groups is 1. The van der Waals surface area contributed by atoms with Crippen LogP contribution in [-0.2, 0) is 4.79 Å². The van der Waals surface area contributed by atoms with Gasteiger partial charge in [-0.25, -0.2) is 0 Å². The molecule has 19 heavy (non-hydrogen) atoms. The first-order valence-electron chi connectivity index (χ1n) is 6.76. The molecule has 1 fully saturated rings. The summed E-state index contributed by atoms with van der Waals surface area (Å²) in [6.45, 7) is 2.13. The van der Waals surface area contributed by atoms with E-state index >= 15 is 0 Å². The van der Waals surface area contributed by atoms with Crippen LogP contribution in [0.4, 0.5) is 4.39 Å². The summed E-state index contributed by atoms with van der Waals surface area (Å²) in [4.78, 5) is 10.7. The van der Waals surface area contributed by atoms with Gasteiger partial charge in [0.2, 0.25) is 5.82 Å². The van der Waals surface area contributed by atoms with Gasteiger partial charge in [0, 0.05) is 11.5 Å². The summed E-state index contributed by atoms with van der Waals surface area (Å²) >= 11 is 0. The van der Waals surface area contributed by atoms with Crippen molar-refractivity contribution in [1.29, 1.82) is 0 Å². The van der Waals surface area contributed by atoms with Crippen molar-refractivity contribution in [3.05, 3.63) is 23.5 Å². The van der Waals surface area contributed by atoms with Gasteiger partial charge in [-0.1, -0.05) is 6.07 Å². The van der Waals surface area contributed by atoms with Gasteiger partial charge in [0.1, 0.15) is 6.29 Å². The molecular weight excluding hydrogens is 247 g/mol. The number of aromatic hydroxyl groups is 1. The van der Waals surface area contributed by atoms with Gasteiger partial charge in [-0.3, -0.25) is 0 Å². The Morgan fingerprint density at radius 3 is 2.63 bits per heavy atom. The lowest BCUT2D eigenvalue weighted by Crippen LogP contribution is -2.14. The summed E-state index contributed by atoms with van der Waals surface area (Å²) in [7, 11) is 0. The number of carbonyl (C=O) groups excluding carboxylic acids is 1. The summed E-state index contributed by atoms with van der Waals surface area (Å²) in [6.07, 6.45) is 4.23. The van der Waals surface area contributed by atoms with Crippen molar-refractivity contribution < 1.29 is 19.0 Å². The maximum Gasteiger partial charge on any atom is 0.206 e. The molecule has 2 rings (SSSR count). The molecule has 0 heterocycles. The van der Waals surface area contributed by atoms with E-state index in [0.717, 1.165) is 32.0 Å². The minimum atomic E-state index is -0.683. The molecular formula is C15H19FO3. The van der Waals surface area contributed by atoms with E-state index in [9.17, 15) is 14.3 Å². The van der Waals surface area contributed by atoms with Gasteiger partial charge in [-0.05, 0) is 44.6 Å². The molecule has 104 valence electrons. The average molecular weight is 266 g/mol. The topological polar surface area (TPSA) is 46.5 Å². The van der Waals surface area contributed by atoms with E-state index in [1.165, 1.54) is 0 Å². The molecule has 0 atom stereocenters. The maximum absolute atomic E-state index is 13.9. The predicted octanol–water partition coefficient (Wildman–Crippen LogP) is 3.40. The van der Waals surface area contributed by atoms with E-state index in [4.69, 9.17) is 4.74 Å². The summed E-state index contributed by atoms with van der Waals surface area (Å²) in [6, 6.07) is 3.30. The fraction of sp³-hybridized carbons (Fsp3) is 0.533. The number of phenolic OH excluding ortho intramolecular Hbond substituents is 1. The van der Waals surface area contributed by atoms with Crippen molar-refractivity contribution in [2.45, 2.75) is 38.5 Å². The zero-order valence-electron chi connectivity index (χ0n) is 11.1. The number of aldehydes is 1. The molecule has 0 radical (unpaired) electrons. The van der Waals surface area contributed by atoms with Crippen molar-refractivity contribution in [3.8, 4) is 11.5 Å². The van der Waals surface area contributed by atoms with E-state index in [-0.39, 0.29) is 23.3 Å². The van der Waals surface area contributed by atoms with Crippen molar-refractivity contribution in [2.24, 2.45) is 5.92 Å². The van der Waals surface area contributed by atoms with Gasteiger partial charge in [0.25, 0.3) is 0 Å². The summed E-state index contributed by atoms with van der Waals surface area (Å²) in [5.74, 6) is -0.657. The molecule has 0 spiro atoms. The van der Waals surface area contributed by atoms with Crippen LogP contribution in [0, 0.1) is 11.7 Å². The average Bonchev–Trinajstić information content (AvgIpc) is 2.45. The van der Waals surface area contributed by atoms with E-state index < -0.39 is 5.82 Å². The predicted molar refractivity (Wildman–Crippen MR) is 70.0 cm³/mol. The lowest BCUT2D eigenvalue weighted by Gasteiger charge is -2.26. The lowest BCUT2D eigenvalue weighted by molar-refractivity contribution is -0.111. The third-order valence-electron chi connectivity index (χ3n) is 3.82. The van der Waals surface area contributed by atoms with Crippen LogP contribution in [0.2, 0.25) is 0 Å². The molecule has 0 saturated heterocycles. The molecule has 1 aliphatic rings. The highest BCUT2D eigenvalue weighted by Crippen LogP contribution is 2.41. The van der Waals surface area contributed by atoms with Crippen molar-refractivity contribution in [1.82, 2.24) is 0 Å². The highest BCUT2D eigenvalue weighted by atomic mass is 19.1. The fourth-order valence-electron chi connectivity index (χ4n) is 2.72. The second kappa shape index (κ2) is 6.04. The van der Waals surface area contributed by atoms with E-state index in [1.807, 2.05) is 0 Å². The van der Waals surface area contributed by atoms with Gasteiger partial charge in [0.05, 0.1) is 6.61 Å². The Labute approximate surface area is 112 Å². The van der Waals surface area contributed by atoms with Gasteiger partial charge in [-0.2, -0.15) is 4.39 Å². The number of hydrogen-bond donors (Lipinski definition) is 1.